The Hall–Kier alpha value is -3.38. The molecule has 4 unspecified atom stereocenters. The van der Waals surface area contributed by atoms with E-state index < -0.39 is 36.1 Å². The fourth-order valence-electron chi connectivity index (χ4n) is 4.62. The third-order valence-corrected chi connectivity index (χ3v) is 8.14. The zero-order valence-corrected chi connectivity index (χ0v) is 21.7. The fraction of sp³-hybridized carbons (Fsp3) is 0.320. The second kappa shape index (κ2) is 10.8. The maximum absolute atomic E-state index is 11.7. The molecule has 2 fully saturated rings. The highest BCUT2D eigenvalue weighted by atomic mass is 32.2. The van der Waals surface area contributed by atoms with Crippen molar-refractivity contribution < 1.29 is 18.9 Å². The first-order chi connectivity index (χ1) is 18.6. The van der Waals surface area contributed by atoms with E-state index in [0.29, 0.717) is 23.6 Å². The number of nitrogens with zero attached hydrogens (tertiary/aromatic N) is 5. The van der Waals surface area contributed by atoms with Gasteiger partial charge in [-0.2, -0.15) is 5.26 Å². The van der Waals surface area contributed by atoms with Crippen molar-refractivity contribution in [3.8, 4) is 17.5 Å². The van der Waals surface area contributed by atoms with Crippen LogP contribution in [0.15, 0.2) is 70.1 Å². The molecule has 1 N–H and O–H groups in total. The van der Waals surface area contributed by atoms with E-state index in [-0.39, 0.29) is 4.87 Å². The average Bonchev–Trinajstić information content (AvgIpc) is 3.62. The molecule has 2 aliphatic heterocycles. The van der Waals surface area contributed by atoms with Gasteiger partial charge in [0.1, 0.15) is 41.6 Å². The number of benzene rings is 1. The minimum atomic E-state index is -0.585. The summed E-state index contributed by atoms with van der Waals surface area (Å²) in [5, 5.41) is 19.7. The van der Waals surface area contributed by atoms with Crippen LogP contribution in [0.25, 0.3) is 11.4 Å². The summed E-state index contributed by atoms with van der Waals surface area (Å²) in [5.74, 6) is 0. The van der Waals surface area contributed by atoms with Crippen LogP contribution in [0.5, 0.6) is 0 Å². The van der Waals surface area contributed by atoms with E-state index >= 15 is 0 Å². The predicted octanol–water partition coefficient (Wildman–Crippen LogP) is 3.15. The maximum atomic E-state index is 11.7. The number of aromatic nitrogens is 5. The molecule has 0 aliphatic carbocycles. The van der Waals surface area contributed by atoms with Gasteiger partial charge in [0, 0.05) is 35.3 Å². The standard InChI is InChI=1S/C25H22N6O5S2/c1-33-22-20(31-11-17(29-30-31)18-13-37-25(32)28-18)21-19(12-34-23(36-21)15-5-3-2-4-6-15)35-24(22)38-16-7-14(8-26)9-27-10-16/h2-7,9-11,13,19-24H,12H2,1H3,(H,28,32)/t19?,20?,21-,22?,23?,24+/m0/s1. The summed E-state index contributed by atoms with van der Waals surface area (Å²) >= 11 is 2.47. The van der Waals surface area contributed by atoms with Crippen molar-refractivity contribution in [2.75, 3.05) is 13.7 Å². The molecule has 38 heavy (non-hydrogen) atoms. The molecule has 0 saturated carbocycles. The van der Waals surface area contributed by atoms with Crippen LogP contribution in [-0.4, -0.2) is 62.4 Å². The van der Waals surface area contributed by atoms with Crippen LogP contribution in [0, 0.1) is 11.3 Å². The first-order valence-electron chi connectivity index (χ1n) is 11.7. The van der Waals surface area contributed by atoms with Crippen LogP contribution >= 0.6 is 23.1 Å². The average molecular weight is 551 g/mol. The molecule has 3 aromatic heterocycles. The normalized spacial score (nSPS) is 26.9. The molecule has 0 bridgehead atoms. The summed E-state index contributed by atoms with van der Waals surface area (Å²) in [6.07, 6.45) is 2.96. The molecular weight excluding hydrogens is 528 g/mol. The zero-order valence-electron chi connectivity index (χ0n) is 20.0. The fourth-order valence-corrected chi connectivity index (χ4v) is 6.39. The molecule has 6 atom stereocenters. The maximum Gasteiger partial charge on any atom is 0.304 e. The number of thiazole rings is 1. The first kappa shape index (κ1) is 24.9. The number of thioether (sulfide) groups is 1. The number of hydrogen-bond donors (Lipinski definition) is 1. The van der Waals surface area contributed by atoms with Crippen LogP contribution in [0.4, 0.5) is 0 Å². The van der Waals surface area contributed by atoms with Gasteiger partial charge in [0.2, 0.25) is 0 Å². The number of hydrogen-bond acceptors (Lipinski definition) is 11. The number of ether oxygens (including phenoxy) is 4. The van der Waals surface area contributed by atoms with E-state index in [4.69, 9.17) is 18.9 Å². The Balaban J connectivity index is 1.36. The molecule has 13 heteroatoms. The van der Waals surface area contributed by atoms with E-state index in [2.05, 4.69) is 26.3 Å². The van der Waals surface area contributed by atoms with Crippen molar-refractivity contribution in [2.24, 2.45) is 0 Å². The molecule has 4 aromatic rings. The van der Waals surface area contributed by atoms with Crippen LogP contribution in [0.1, 0.15) is 23.5 Å². The molecule has 1 aromatic carbocycles. The molecule has 2 saturated heterocycles. The molecule has 0 radical (unpaired) electrons. The molecule has 0 spiro atoms. The Kier molecular flexibility index (Phi) is 7.07. The lowest BCUT2D eigenvalue weighted by atomic mass is 9.95. The first-order valence-corrected chi connectivity index (χ1v) is 13.5. The second-order valence-electron chi connectivity index (χ2n) is 8.70. The summed E-state index contributed by atoms with van der Waals surface area (Å²) in [4.78, 5) is 19.2. The molecule has 194 valence electrons. The Bertz CT molecular complexity index is 1500. The molecule has 6 rings (SSSR count). The van der Waals surface area contributed by atoms with E-state index in [1.807, 2.05) is 30.3 Å². The number of nitriles is 1. The number of rotatable bonds is 6. The summed E-state index contributed by atoms with van der Waals surface area (Å²) in [6, 6.07) is 13.1. The van der Waals surface area contributed by atoms with E-state index in [1.165, 1.54) is 18.0 Å². The van der Waals surface area contributed by atoms with E-state index in [0.717, 1.165) is 21.8 Å². The van der Waals surface area contributed by atoms with Gasteiger partial charge in [0.05, 0.1) is 24.1 Å². The van der Waals surface area contributed by atoms with Gasteiger partial charge in [-0.1, -0.05) is 58.6 Å². The summed E-state index contributed by atoms with van der Waals surface area (Å²) in [5.41, 5.74) is 1.97. The highest BCUT2D eigenvalue weighted by Crippen LogP contribution is 2.44. The highest BCUT2D eigenvalue weighted by Gasteiger charge is 2.52. The largest absolute Gasteiger partial charge is 0.375 e. The third kappa shape index (κ3) is 4.90. The van der Waals surface area contributed by atoms with Crippen LogP contribution in [0.3, 0.4) is 0 Å². The molecule has 0 amide bonds. The Morgan fingerprint density at radius 1 is 1.26 bits per heavy atom. The number of pyridine rings is 1. The van der Waals surface area contributed by atoms with Gasteiger partial charge in [0.25, 0.3) is 0 Å². The van der Waals surface area contributed by atoms with E-state index in [9.17, 15) is 10.1 Å². The van der Waals surface area contributed by atoms with Gasteiger partial charge >= 0.3 is 4.87 Å². The van der Waals surface area contributed by atoms with Crippen molar-refractivity contribution in [3.63, 3.8) is 0 Å². The van der Waals surface area contributed by atoms with E-state index in [1.54, 1.807) is 35.6 Å². The summed E-state index contributed by atoms with van der Waals surface area (Å²) < 4.78 is 26.8. The highest BCUT2D eigenvalue weighted by molar-refractivity contribution is 7.99. The predicted molar refractivity (Wildman–Crippen MR) is 137 cm³/mol. The van der Waals surface area contributed by atoms with Crippen LogP contribution in [0.2, 0.25) is 0 Å². The Morgan fingerprint density at radius 3 is 2.89 bits per heavy atom. The minimum Gasteiger partial charge on any atom is -0.375 e. The summed E-state index contributed by atoms with van der Waals surface area (Å²) in [6.45, 7) is 0.296. The van der Waals surface area contributed by atoms with Crippen molar-refractivity contribution in [1.82, 2.24) is 25.0 Å². The minimum absolute atomic E-state index is 0.168. The molecular formula is C25H22N6O5S2. The lowest BCUT2D eigenvalue weighted by Gasteiger charge is -2.48. The monoisotopic (exact) mass is 550 g/mol. The zero-order chi connectivity index (χ0) is 26.1. The van der Waals surface area contributed by atoms with Crippen molar-refractivity contribution in [2.45, 2.75) is 41.0 Å². The topological polar surface area (TPSA) is 137 Å². The number of nitrogens with one attached hydrogen (secondary N) is 1. The number of H-pyrrole nitrogens is 1. The SMILES string of the molecule is COC1C(n2cc(-c3csc(=O)[nH]3)nn2)[C@H]2OC(c3ccccc3)OCC2O[C@@H]1Sc1cncc(C#N)c1. The van der Waals surface area contributed by atoms with Gasteiger partial charge in [-0.3, -0.25) is 9.78 Å². The number of methoxy groups -OCH3 is 1. The second-order valence-corrected chi connectivity index (χ2v) is 10.7. The molecule has 2 aliphatic rings. The smallest absolute Gasteiger partial charge is 0.304 e. The summed E-state index contributed by atoms with van der Waals surface area (Å²) in [7, 11) is 1.61. The Morgan fingerprint density at radius 2 is 2.13 bits per heavy atom. The van der Waals surface area contributed by atoms with Gasteiger partial charge in [0.15, 0.2) is 6.29 Å². The number of fused-ring (bicyclic) bond motifs is 1. The van der Waals surface area contributed by atoms with Crippen molar-refractivity contribution in [1.29, 1.82) is 5.26 Å². The van der Waals surface area contributed by atoms with Crippen molar-refractivity contribution >= 4 is 23.1 Å². The van der Waals surface area contributed by atoms with Gasteiger partial charge < -0.3 is 23.9 Å². The quantitative estimate of drug-likeness (QED) is 0.381. The van der Waals surface area contributed by atoms with Gasteiger partial charge in [-0.15, -0.1) is 5.10 Å². The van der Waals surface area contributed by atoms with Crippen LogP contribution < -0.4 is 4.87 Å². The number of aromatic amines is 1. The third-order valence-electron chi connectivity index (χ3n) is 6.36. The lowest BCUT2D eigenvalue weighted by molar-refractivity contribution is -0.308. The lowest BCUT2D eigenvalue weighted by Crippen LogP contribution is -2.59. The molecule has 5 heterocycles. The van der Waals surface area contributed by atoms with Gasteiger partial charge in [-0.25, -0.2) is 4.68 Å². The van der Waals surface area contributed by atoms with Gasteiger partial charge in [-0.05, 0) is 6.07 Å². The Labute approximate surface area is 225 Å². The molecule has 11 nitrogen and oxygen atoms in total. The van der Waals surface area contributed by atoms with Crippen LogP contribution in [-0.2, 0) is 18.9 Å². The van der Waals surface area contributed by atoms with Crippen molar-refractivity contribution in [3.05, 3.63) is 81.2 Å².